The summed E-state index contributed by atoms with van der Waals surface area (Å²) in [6, 6.07) is 8.54. The maximum absolute atomic E-state index is 12.2. The van der Waals surface area contributed by atoms with Gasteiger partial charge in [-0.05, 0) is 51.1 Å². The molecule has 2 amide bonds. The van der Waals surface area contributed by atoms with Crippen molar-refractivity contribution in [1.82, 2.24) is 25.6 Å². The lowest BCUT2D eigenvalue weighted by atomic mass is 10.2. The summed E-state index contributed by atoms with van der Waals surface area (Å²) < 4.78 is 7.23. The van der Waals surface area contributed by atoms with Gasteiger partial charge in [0.25, 0.3) is 11.8 Å². The first-order valence-corrected chi connectivity index (χ1v) is 9.53. The zero-order valence-corrected chi connectivity index (χ0v) is 16.7. The Morgan fingerprint density at radius 3 is 2.50 bits per heavy atom. The van der Waals surface area contributed by atoms with Crippen molar-refractivity contribution in [3.05, 3.63) is 63.4 Å². The molecule has 3 aromatic rings. The topological polar surface area (TPSA) is 98.1 Å². The predicted octanol–water partition coefficient (Wildman–Crippen LogP) is 2.31. The van der Waals surface area contributed by atoms with Crippen LogP contribution in [0.25, 0.3) is 0 Å². The summed E-state index contributed by atoms with van der Waals surface area (Å²) in [7, 11) is 0. The number of hydrogen-bond acceptors (Lipinski definition) is 6. The number of benzene rings is 1. The molecule has 2 N–H and O–H groups in total. The molecule has 0 bridgehead atoms. The van der Waals surface area contributed by atoms with Crippen molar-refractivity contribution >= 4 is 23.2 Å². The summed E-state index contributed by atoms with van der Waals surface area (Å²) >= 11 is 1.57. The highest BCUT2D eigenvalue weighted by molar-refractivity contribution is 7.09. The Labute approximate surface area is 166 Å². The van der Waals surface area contributed by atoms with E-state index in [1.165, 1.54) is 0 Å². The van der Waals surface area contributed by atoms with E-state index in [2.05, 4.69) is 20.9 Å². The van der Waals surface area contributed by atoms with Crippen molar-refractivity contribution in [2.75, 3.05) is 0 Å². The van der Waals surface area contributed by atoms with Crippen LogP contribution in [0, 0.1) is 20.8 Å². The van der Waals surface area contributed by atoms with Gasteiger partial charge in [0, 0.05) is 16.6 Å². The average Bonchev–Trinajstić information content (AvgIpc) is 3.22. The first kappa shape index (κ1) is 19.6. The zero-order valence-electron chi connectivity index (χ0n) is 15.9. The maximum atomic E-state index is 12.2. The number of rotatable bonds is 6. The van der Waals surface area contributed by atoms with Crippen LogP contribution in [0.3, 0.4) is 0 Å². The van der Waals surface area contributed by atoms with Crippen molar-refractivity contribution in [3.63, 3.8) is 0 Å². The molecule has 0 aliphatic heterocycles. The Balaban J connectivity index is 1.47. The third-order valence-electron chi connectivity index (χ3n) is 3.88. The molecule has 0 aliphatic carbocycles. The molecular formula is C19H21N5O3S. The van der Waals surface area contributed by atoms with Crippen molar-refractivity contribution in [3.8, 4) is 5.75 Å². The molecular weight excluding hydrogens is 378 g/mol. The van der Waals surface area contributed by atoms with Gasteiger partial charge < -0.3 is 4.74 Å². The van der Waals surface area contributed by atoms with E-state index in [-0.39, 0.29) is 12.5 Å². The Hall–Kier alpha value is -3.20. The quantitative estimate of drug-likeness (QED) is 0.620. The Bertz CT molecular complexity index is 978. The van der Waals surface area contributed by atoms with Crippen LogP contribution in [-0.4, -0.2) is 26.6 Å². The number of carbonyl (C=O) groups is 2. The van der Waals surface area contributed by atoms with Crippen molar-refractivity contribution in [1.29, 1.82) is 0 Å². The van der Waals surface area contributed by atoms with Crippen LogP contribution in [0.5, 0.6) is 5.75 Å². The van der Waals surface area contributed by atoms with Crippen LogP contribution < -0.4 is 15.6 Å². The molecule has 0 unspecified atom stereocenters. The summed E-state index contributed by atoms with van der Waals surface area (Å²) in [4.78, 5) is 28.5. The lowest BCUT2D eigenvalue weighted by molar-refractivity contribution is -0.122. The lowest BCUT2D eigenvalue weighted by Crippen LogP contribution is -2.43. The normalized spacial score (nSPS) is 10.5. The fourth-order valence-electron chi connectivity index (χ4n) is 2.54. The first-order valence-electron chi connectivity index (χ1n) is 8.65. The monoisotopic (exact) mass is 399 g/mol. The van der Waals surface area contributed by atoms with Gasteiger partial charge in [0.05, 0.1) is 16.4 Å². The summed E-state index contributed by atoms with van der Waals surface area (Å²) in [6.07, 6.45) is 0. The second kappa shape index (κ2) is 8.66. The molecule has 0 fully saturated rings. The minimum atomic E-state index is -0.414. The molecule has 0 radical (unpaired) electrons. The van der Waals surface area contributed by atoms with E-state index in [0.717, 1.165) is 22.1 Å². The molecule has 0 saturated carbocycles. The van der Waals surface area contributed by atoms with Gasteiger partial charge in [0.1, 0.15) is 18.9 Å². The van der Waals surface area contributed by atoms with Crippen LogP contribution in [0.4, 0.5) is 0 Å². The molecule has 0 aliphatic rings. The van der Waals surface area contributed by atoms with Crippen LogP contribution in [0.2, 0.25) is 0 Å². The smallest absolute Gasteiger partial charge is 0.269 e. The van der Waals surface area contributed by atoms with E-state index in [1.807, 2.05) is 32.2 Å². The molecule has 2 aromatic heterocycles. The average molecular weight is 399 g/mol. The van der Waals surface area contributed by atoms with Gasteiger partial charge in [0.15, 0.2) is 0 Å². The maximum Gasteiger partial charge on any atom is 0.269 e. The molecule has 0 atom stereocenters. The van der Waals surface area contributed by atoms with Gasteiger partial charge in [0.2, 0.25) is 0 Å². The molecule has 8 nitrogen and oxygen atoms in total. The van der Waals surface area contributed by atoms with Gasteiger partial charge in [-0.1, -0.05) is 0 Å². The lowest BCUT2D eigenvalue weighted by Gasteiger charge is -2.09. The SMILES string of the molecule is Cc1cc(C)n(CC(=O)NNC(=O)c2ccc(OCc3csc(C)n3)cc2)n1. The number of aromatic nitrogens is 3. The van der Waals surface area contributed by atoms with Crippen molar-refractivity contribution in [2.24, 2.45) is 0 Å². The summed E-state index contributed by atoms with van der Waals surface area (Å²) in [5.74, 6) is -0.141. The number of hydrazine groups is 1. The van der Waals surface area contributed by atoms with E-state index in [4.69, 9.17) is 4.74 Å². The fraction of sp³-hybridized carbons (Fsp3) is 0.263. The fourth-order valence-corrected chi connectivity index (χ4v) is 3.14. The molecule has 1 aromatic carbocycles. The number of aryl methyl sites for hydroxylation is 3. The van der Waals surface area contributed by atoms with Gasteiger partial charge >= 0.3 is 0 Å². The molecule has 146 valence electrons. The number of thiazole rings is 1. The van der Waals surface area contributed by atoms with Crippen LogP contribution in [0.1, 0.15) is 32.4 Å². The second-order valence-electron chi connectivity index (χ2n) is 6.26. The Morgan fingerprint density at radius 2 is 1.89 bits per heavy atom. The number of amides is 2. The highest BCUT2D eigenvalue weighted by Crippen LogP contribution is 2.15. The molecule has 3 rings (SSSR count). The summed E-state index contributed by atoms with van der Waals surface area (Å²) in [6.45, 7) is 6.07. The molecule has 28 heavy (non-hydrogen) atoms. The standard InChI is InChI=1S/C19H21N5O3S/c1-12-8-13(2)24(23-12)9-18(25)21-22-19(26)15-4-6-17(7-5-15)27-10-16-11-28-14(3)20-16/h4-8,11H,9-10H2,1-3H3,(H,21,25)(H,22,26). The zero-order chi connectivity index (χ0) is 20.1. The third kappa shape index (κ3) is 5.17. The van der Waals surface area contributed by atoms with Crippen molar-refractivity contribution < 1.29 is 14.3 Å². The van der Waals surface area contributed by atoms with Crippen LogP contribution in [0.15, 0.2) is 35.7 Å². The minimum absolute atomic E-state index is 0.0306. The number of carbonyl (C=O) groups excluding carboxylic acids is 2. The van der Waals surface area contributed by atoms with Gasteiger partial charge in [-0.15, -0.1) is 11.3 Å². The summed E-state index contributed by atoms with van der Waals surface area (Å²) in [5, 5.41) is 7.15. The largest absolute Gasteiger partial charge is 0.487 e. The number of nitrogens with zero attached hydrogens (tertiary/aromatic N) is 3. The first-order chi connectivity index (χ1) is 13.4. The minimum Gasteiger partial charge on any atom is -0.487 e. The highest BCUT2D eigenvalue weighted by Gasteiger charge is 2.10. The Kier molecular flexibility index (Phi) is 6.05. The highest BCUT2D eigenvalue weighted by atomic mass is 32.1. The molecule has 0 saturated heterocycles. The van der Waals surface area contributed by atoms with Gasteiger partial charge in [-0.3, -0.25) is 25.1 Å². The number of hydrogen-bond donors (Lipinski definition) is 2. The Morgan fingerprint density at radius 1 is 1.14 bits per heavy atom. The van der Waals surface area contributed by atoms with E-state index in [9.17, 15) is 9.59 Å². The third-order valence-corrected chi connectivity index (χ3v) is 4.70. The number of ether oxygens (including phenoxy) is 1. The van der Waals surface area contributed by atoms with Crippen LogP contribution in [-0.2, 0) is 17.9 Å². The predicted molar refractivity (Wildman–Crippen MR) is 105 cm³/mol. The van der Waals surface area contributed by atoms with E-state index in [0.29, 0.717) is 17.9 Å². The van der Waals surface area contributed by atoms with Crippen molar-refractivity contribution in [2.45, 2.75) is 33.9 Å². The van der Waals surface area contributed by atoms with E-state index in [1.54, 1.807) is 40.3 Å². The molecule has 9 heteroatoms. The van der Waals surface area contributed by atoms with E-state index >= 15 is 0 Å². The second-order valence-corrected chi connectivity index (χ2v) is 7.32. The summed E-state index contributed by atoms with van der Waals surface area (Å²) in [5.41, 5.74) is 7.78. The molecule has 0 spiro atoms. The van der Waals surface area contributed by atoms with Crippen LogP contribution >= 0.6 is 11.3 Å². The van der Waals surface area contributed by atoms with Gasteiger partial charge in [-0.25, -0.2) is 4.98 Å². The van der Waals surface area contributed by atoms with Gasteiger partial charge in [-0.2, -0.15) is 5.10 Å². The molecule has 2 heterocycles. The van der Waals surface area contributed by atoms with E-state index < -0.39 is 5.91 Å². The number of nitrogens with one attached hydrogen (secondary N) is 2.